The second-order valence-electron chi connectivity index (χ2n) is 7.88. The molecule has 0 N–H and O–H groups in total. The highest BCUT2D eigenvalue weighted by Gasteiger charge is 2.29. The van der Waals surface area contributed by atoms with Crippen LogP contribution in [-0.4, -0.2) is 30.4 Å². The summed E-state index contributed by atoms with van der Waals surface area (Å²) in [5.41, 5.74) is 3.92. The van der Waals surface area contributed by atoms with Crippen molar-refractivity contribution >= 4 is 49.1 Å². The van der Waals surface area contributed by atoms with E-state index < -0.39 is 0 Å². The molecule has 4 rings (SSSR count). The molecule has 0 spiro atoms. The van der Waals surface area contributed by atoms with Crippen LogP contribution >= 0.6 is 31.9 Å². The SMILES string of the molecule is CC1CCN(C(=O)c2ccc(Br)c(OCCBr)c2)c2ccccc2N1Cc1ccccc1. The first-order valence-electron chi connectivity index (χ1n) is 10.8. The van der Waals surface area contributed by atoms with Gasteiger partial charge in [-0.3, -0.25) is 4.79 Å². The van der Waals surface area contributed by atoms with Crippen LogP contribution in [0.2, 0.25) is 0 Å². The Morgan fingerprint density at radius 2 is 1.75 bits per heavy atom. The second kappa shape index (κ2) is 10.5. The number of amides is 1. The van der Waals surface area contributed by atoms with E-state index >= 15 is 0 Å². The van der Waals surface area contributed by atoms with Gasteiger partial charge in [0.25, 0.3) is 5.91 Å². The highest BCUT2D eigenvalue weighted by molar-refractivity contribution is 9.10. The van der Waals surface area contributed by atoms with Gasteiger partial charge in [0.2, 0.25) is 0 Å². The van der Waals surface area contributed by atoms with E-state index in [9.17, 15) is 4.79 Å². The molecule has 0 aliphatic carbocycles. The zero-order chi connectivity index (χ0) is 22.5. The summed E-state index contributed by atoms with van der Waals surface area (Å²) < 4.78 is 6.63. The molecule has 3 aromatic carbocycles. The zero-order valence-electron chi connectivity index (χ0n) is 18.0. The first-order chi connectivity index (χ1) is 15.6. The normalized spacial score (nSPS) is 15.8. The number of carbonyl (C=O) groups is 1. The summed E-state index contributed by atoms with van der Waals surface area (Å²) in [6.07, 6.45) is 0.886. The molecular weight excluding hydrogens is 532 g/mol. The maximum atomic E-state index is 13.7. The van der Waals surface area contributed by atoms with Crippen molar-refractivity contribution in [3.8, 4) is 5.75 Å². The number of rotatable bonds is 6. The van der Waals surface area contributed by atoms with Gasteiger partial charge in [-0.25, -0.2) is 0 Å². The summed E-state index contributed by atoms with van der Waals surface area (Å²) in [6, 6.07) is 24.6. The van der Waals surface area contributed by atoms with Crippen LogP contribution < -0.4 is 14.5 Å². The fraction of sp³-hybridized carbons (Fsp3) is 0.269. The Morgan fingerprint density at radius 1 is 1.03 bits per heavy atom. The van der Waals surface area contributed by atoms with Crippen molar-refractivity contribution in [1.29, 1.82) is 0 Å². The molecule has 1 aliphatic rings. The van der Waals surface area contributed by atoms with Crippen molar-refractivity contribution < 1.29 is 9.53 Å². The fourth-order valence-corrected chi connectivity index (χ4v) is 4.57. The average molecular weight is 558 g/mol. The lowest BCUT2D eigenvalue weighted by Crippen LogP contribution is -2.33. The molecule has 6 heteroatoms. The minimum absolute atomic E-state index is 0.0117. The van der Waals surface area contributed by atoms with Gasteiger partial charge in [-0.2, -0.15) is 0 Å². The van der Waals surface area contributed by atoms with E-state index in [1.54, 1.807) is 0 Å². The number of hydrogen-bond donors (Lipinski definition) is 0. The molecule has 166 valence electrons. The Hall–Kier alpha value is -2.31. The van der Waals surface area contributed by atoms with E-state index in [1.165, 1.54) is 5.56 Å². The number of para-hydroxylation sites is 2. The number of halogens is 2. The molecule has 0 saturated carbocycles. The lowest BCUT2D eigenvalue weighted by atomic mass is 10.1. The van der Waals surface area contributed by atoms with Crippen molar-refractivity contribution in [2.24, 2.45) is 0 Å². The van der Waals surface area contributed by atoms with Gasteiger partial charge in [0.1, 0.15) is 5.75 Å². The standard InChI is InChI=1S/C26H26Br2N2O2/c1-19-13-15-29(26(31)21-11-12-22(28)25(17-21)32-16-14-27)23-9-5-6-10-24(23)30(19)18-20-7-3-2-4-8-20/h2-12,17,19H,13-16,18H2,1H3. The highest BCUT2D eigenvalue weighted by atomic mass is 79.9. The Bertz CT molecular complexity index is 1070. The van der Waals surface area contributed by atoms with Gasteiger partial charge < -0.3 is 14.5 Å². The molecule has 0 fully saturated rings. The molecule has 0 aromatic heterocycles. The third-order valence-electron chi connectivity index (χ3n) is 5.74. The molecule has 1 heterocycles. The summed E-state index contributed by atoms with van der Waals surface area (Å²) in [5.74, 6) is 0.667. The van der Waals surface area contributed by atoms with Gasteiger partial charge in [-0.15, -0.1) is 0 Å². The predicted octanol–water partition coefficient (Wildman–Crippen LogP) is 6.67. The first kappa shape index (κ1) is 22.9. The number of alkyl halides is 1. The Labute approximate surface area is 206 Å². The van der Waals surface area contributed by atoms with Crippen LogP contribution in [0.15, 0.2) is 77.3 Å². The molecule has 3 aromatic rings. The van der Waals surface area contributed by atoms with Gasteiger partial charge in [0.05, 0.1) is 22.5 Å². The van der Waals surface area contributed by atoms with E-state index in [2.05, 4.69) is 74.0 Å². The minimum atomic E-state index is -0.0117. The smallest absolute Gasteiger partial charge is 0.258 e. The van der Waals surface area contributed by atoms with Crippen molar-refractivity contribution in [2.75, 3.05) is 28.3 Å². The van der Waals surface area contributed by atoms with Gasteiger partial charge in [0, 0.05) is 30.0 Å². The van der Waals surface area contributed by atoms with Gasteiger partial charge in [0.15, 0.2) is 0 Å². The lowest BCUT2D eigenvalue weighted by molar-refractivity contribution is 0.0986. The number of benzene rings is 3. The van der Waals surface area contributed by atoms with Crippen LogP contribution in [0, 0.1) is 0 Å². The average Bonchev–Trinajstić information content (AvgIpc) is 2.95. The highest BCUT2D eigenvalue weighted by Crippen LogP contribution is 2.37. The third-order valence-corrected chi connectivity index (χ3v) is 6.72. The summed E-state index contributed by atoms with van der Waals surface area (Å²) in [4.78, 5) is 18.0. The van der Waals surface area contributed by atoms with Crippen LogP contribution in [0.3, 0.4) is 0 Å². The van der Waals surface area contributed by atoms with E-state index in [1.807, 2.05) is 47.4 Å². The minimum Gasteiger partial charge on any atom is -0.492 e. The van der Waals surface area contributed by atoms with E-state index in [0.29, 0.717) is 30.5 Å². The van der Waals surface area contributed by atoms with Gasteiger partial charge >= 0.3 is 0 Å². The topological polar surface area (TPSA) is 32.8 Å². The van der Waals surface area contributed by atoms with E-state index in [0.717, 1.165) is 34.1 Å². The Morgan fingerprint density at radius 3 is 2.50 bits per heavy atom. The molecule has 0 bridgehead atoms. The molecule has 1 amide bonds. The van der Waals surface area contributed by atoms with Crippen LogP contribution in [0.1, 0.15) is 29.3 Å². The lowest BCUT2D eigenvalue weighted by Gasteiger charge is -2.31. The van der Waals surface area contributed by atoms with Crippen LogP contribution in [0.4, 0.5) is 11.4 Å². The Balaban J connectivity index is 1.67. The quantitative estimate of drug-likeness (QED) is 0.317. The van der Waals surface area contributed by atoms with Crippen LogP contribution in [-0.2, 0) is 6.54 Å². The summed E-state index contributed by atoms with van der Waals surface area (Å²) in [5, 5.41) is 0.728. The molecule has 0 radical (unpaired) electrons. The second-order valence-corrected chi connectivity index (χ2v) is 9.53. The van der Waals surface area contributed by atoms with Gasteiger partial charge in [-0.05, 0) is 65.2 Å². The van der Waals surface area contributed by atoms with Crippen LogP contribution in [0.25, 0.3) is 0 Å². The number of nitrogens with zero attached hydrogens (tertiary/aromatic N) is 2. The number of anilines is 2. The molecule has 32 heavy (non-hydrogen) atoms. The first-order valence-corrected chi connectivity index (χ1v) is 12.7. The third kappa shape index (κ3) is 5.02. The van der Waals surface area contributed by atoms with Crippen LogP contribution in [0.5, 0.6) is 5.75 Å². The van der Waals surface area contributed by atoms with Crippen molar-refractivity contribution in [3.05, 3.63) is 88.4 Å². The molecule has 0 saturated heterocycles. The maximum Gasteiger partial charge on any atom is 0.258 e. The van der Waals surface area contributed by atoms with Crippen molar-refractivity contribution in [1.82, 2.24) is 0 Å². The van der Waals surface area contributed by atoms with E-state index in [-0.39, 0.29) is 5.91 Å². The van der Waals surface area contributed by atoms with E-state index in [4.69, 9.17) is 4.74 Å². The Kier molecular flexibility index (Phi) is 7.53. The largest absolute Gasteiger partial charge is 0.492 e. The summed E-state index contributed by atoms with van der Waals surface area (Å²) in [6.45, 7) is 4.24. The summed E-state index contributed by atoms with van der Waals surface area (Å²) >= 11 is 6.90. The number of hydrogen-bond acceptors (Lipinski definition) is 3. The fourth-order valence-electron chi connectivity index (χ4n) is 4.05. The number of fused-ring (bicyclic) bond motifs is 1. The molecule has 1 aliphatic heterocycles. The molecule has 4 nitrogen and oxygen atoms in total. The number of ether oxygens (including phenoxy) is 1. The van der Waals surface area contributed by atoms with Crippen molar-refractivity contribution in [3.63, 3.8) is 0 Å². The predicted molar refractivity (Wildman–Crippen MR) is 138 cm³/mol. The molecule has 1 unspecified atom stereocenters. The zero-order valence-corrected chi connectivity index (χ0v) is 21.2. The molecular formula is C26H26Br2N2O2. The number of carbonyl (C=O) groups excluding carboxylic acids is 1. The van der Waals surface area contributed by atoms with Gasteiger partial charge in [-0.1, -0.05) is 58.4 Å². The monoisotopic (exact) mass is 556 g/mol. The maximum absolute atomic E-state index is 13.7. The molecule has 1 atom stereocenters. The summed E-state index contributed by atoms with van der Waals surface area (Å²) in [7, 11) is 0. The van der Waals surface area contributed by atoms with Crippen molar-refractivity contribution in [2.45, 2.75) is 25.9 Å².